The summed E-state index contributed by atoms with van der Waals surface area (Å²) < 4.78 is 5.39. The first-order valence-electron chi connectivity index (χ1n) is 8.77. The number of amides is 2. The van der Waals surface area contributed by atoms with E-state index in [1.54, 1.807) is 17.2 Å². The predicted octanol–water partition coefficient (Wildman–Crippen LogP) is 4.10. The molecule has 0 unspecified atom stereocenters. The zero-order valence-electron chi connectivity index (χ0n) is 15.5. The molecule has 0 saturated carbocycles. The Kier molecular flexibility index (Phi) is 8.20. The second-order valence-corrected chi connectivity index (χ2v) is 7.82. The molecule has 0 fully saturated rings. The molecule has 146 valence electrons. The van der Waals surface area contributed by atoms with E-state index >= 15 is 0 Å². The monoisotopic (exact) mass is 410 g/mol. The van der Waals surface area contributed by atoms with E-state index in [9.17, 15) is 9.59 Å². The normalized spacial score (nSPS) is 11.0. The summed E-state index contributed by atoms with van der Waals surface area (Å²) in [6, 6.07) is 13.3. The van der Waals surface area contributed by atoms with Gasteiger partial charge < -0.3 is 14.2 Å². The zero-order valence-corrected chi connectivity index (χ0v) is 17.0. The molecule has 0 atom stereocenters. The van der Waals surface area contributed by atoms with Gasteiger partial charge in [-0.15, -0.1) is 0 Å². The van der Waals surface area contributed by atoms with Crippen molar-refractivity contribution in [2.24, 2.45) is 5.92 Å². The Balaban J connectivity index is 2.16. The Morgan fingerprint density at radius 2 is 1.70 bits per heavy atom. The molecule has 0 radical (unpaired) electrons. The number of furan rings is 1. The first kappa shape index (κ1) is 21.3. The molecule has 2 aromatic rings. The molecular formula is C20H24Cl2N2O3. The lowest BCUT2D eigenvalue weighted by atomic mass is 10.2. The fourth-order valence-electron chi connectivity index (χ4n) is 2.70. The number of carbonyl (C=O) groups is 2. The molecule has 0 bridgehead atoms. The highest BCUT2D eigenvalue weighted by atomic mass is 35.5. The van der Waals surface area contributed by atoms with Crippen LogP contribution in [0.1, 0.15) is 25.2 Å². The highest BCUT2D eigenvalue weighted by Gasteiger charge is 2.26. The first-order chi connectivity index (χ1) is 12.9. The van der Waals surface area contributed by atoms with Crippen LogP contribution in [0.25, 0.3) is 0 Å². The maximum absolute atomic E-state index is 13.0. The number of benzene rings is 1. The number of nitrogens with zero attached hydrogens (tertiary/aromatic N) is 2. The van der Waals surface area contributed by atoms with Crippen LogP contribution in [0.2, 0.25) is 0 Å². The summed E-state index contributed by atoms with van der Waals surface area (Å²) in [5.74, 6) is 0.200. The fraction of sp³-hybridized carbons (Fsp3) is 0.400. The highest BCUT2D eigenvalue weighted by Crippen LogP contribution is 2.14. The lowest BCUT2D eigenvalue weighted by Crippen LogP contribution is -2.45. The van der Waals surface area contributed by atoms with E-state index in [4.69, 9.17) is 27.6 Å². The van der Waals surface area contributed by atoms with Crippen molar-refractivity contribution < 1.29 is 14.0 Å². The van der Waals surface area contributed by atoms with Crippen LogP contribution in [0.3, 0.4) is 0 Å². The minimum Gasteiger partial charge on any atom is -0.467 e. The van der Waals surface area contributed by atoms with Crippen LogP contribution >= 0.6 is 23.2 Å². The lowest BCUT2D eigenvalue weighted by Gasteiger charge is -2.28. The van der Waals surface area contributed by atoms with Crippen molar-refractivity contribution in [2.45, 2.75) is 31.8 Å². The molecule has 0 spiro atoms. The molecule has 0 N–H and O–H groups in total. The Labute approximate surface area is 169 Å². The van der Waals surface area contributed by atoms with Crippen molar-refractivity contribution in [3.05, 3.63) is 60.1 Å². The Morgan fingerprint density at radius 3 is 2.26 bits per heavy atom. The van der Waals surface area contributed by atoms with Crippen LogP contribution in [-0.2, 0) is 22.7 Å². The average molecular weight is 411 g/mol. The Morgan fingerprint density at radius 1 is 1.00 bits per heavy atom. The molecule has 0 saturated heterocycles. The number of hydrogen-bond acceptors (Lipinski definition) is 3. The smallest absolute Gasteiger partial charge is 0.256 e. The third-order valence-electron chi connectivity index (χ3n) is 3.91. The largest absolute Gasteiger partial charge is 0.467 e. The van der Waals surface area contributed by atoms with Gasteiger partial charge in [0.15, 0.2) is 4.84 Å². The topological polar surface area (TPSA) is 53.8 Å². The molecular weight excluding hydrogens is 387 g/mol. The van der Waals surface area contributed by atoms with Crippen molar-refractivity contribution in [2.75, 3.05) is 13.1 Å². The van der Waals surface area contributed by atoms with E-state index in [0.717, 1.165) is 5.56 Å². The van der Waals surface area contributed by atoms with Gasteiger partial charge in [0.05, 0.1) is 19.4 Å². The summed E-state index contributed by atoms with van der Waals surface area (Å²) >= 11 is 11.5. The van der Waals surface area contributed by atoms with Crippen molar-refractivity contribution in [1.29, 1.82) is 0 Å². The predicted molar refractivity (Wildman–Crippen MR) is 106 cm³/mol. The van der Waals surface area contributed by atoms with Gasteiger partial charge in [-0.05, 0) is 23.6 Å². The number of alkyl halides is 2. The van der Waals surface area contributed by atoms with Gasteiger partial charge in [0.1, 0.15) is 5.76 Å². The Hall–Kier alpha value is -1.98. The molecule has 1 aromatic heterocycles. The van der Waals surface area contributed by atoms with Gasteiger partial charge in [0.25, 0.3) is 5.91 Å². The molecule has 27 heavy (non-hydrogen) atoms. The van der Waals surface area contributed by atoms with Gasteiger partial charge >= 0.3 is 0 Å². The van der Waals surface area contributed by atoms with E-state index in [-0.39, 0.29) is 18.4 Å². The molecule has 2 rings (SSSR count). The second-order valence-electron chi connectivity index (χ2n) is 6.73. The minimum atomic E-state index is -1.19. The zero-order chi connectivity index (χ0) is 19.8. The molecule has 5 nitrogen and oxygen atoms in total. The number of rotatable bonds is 9. The van der Waals surface area contributed by atoms with Crippen LogP contribution in [-0.4, -0.2) is 39.5 Å². The summed E-state index contributed by atoms with van der Waals surface area (Å²) in [7, 11) is 0. The van der Waals surface area contributed by atoms with Crippen LogP contribution in [0.5, 0.6) is 0 Å². The molecule has 0 aliphatic rings. The molecule has 1 heterocycles. The average Bonchev–Trinajstić information content (AvgIpc) is 3.13. The highest BCUT2D eigenvalue weighted by molar-refractivity contribution is 6.53. The van der Waals surface area contributed by atoms with Crippen LogP contribution in [0.4, 0.5) is 0 Å². The number of halogens is 2. The van der Waals surface area contributed by atoms with Gasteiger partial charge in [0.2, 0.25) is 5.91 Å². The maximum Gasteiger partial charge on any atom is 0.256 e. The van der Waals surface area contributed by atoms with Gasteiger partial charge in [-0.2, -0.15) is 0 Å². The van der Waals surface area contributed by atoms with E-state index in [0.29, 0.717) is 25.4 Å². The standard InChI is InChI=1S/C20H24Cl2N2O3/c1-15(2)11-24(20(26)19(21)22)14-18(25)23(13-17-9-6-10-27-17)12-16-7-4-3-5-8-16/h3-10,15,19H,11-14H2,1-2H3. The minimum absolute atomic E-state index is 0.0828. The van der Waals surface area contributed by atoms with E-state index in [1.807, 2.05) is 50.2 Å². The van der Waals surface area contributed by atoms with Crippen LogP contribution in [0.15, 0.2) is 53.1 Å². The van der Waals surface area contributed by atoms with Gasteiger partial charge in [0, 0.05) is 13.1 Å². The van der Waals surface area contributed by atoms with Crippen molar-refractivity contribution in [3.8, 4) is 0 Å². The van der Waals surface area contributed by atoms with E-state index in [2.05, 4.69) is 0 Å². The second kappa shape index (κ2) is 10.4. The third kappa shape index (κ3) is 6.92. The van der Waals surface area contributed by atoms with Crippen LogP contribution < -0.4 is 0 Å². The fourth-order valence-corrected chi connectivity index (χ4v) is 2.98. The molecule has 2 amide bonds. The summed E-state index contributed by atoms with van der Waals surface area (Å²) in [4.78, 5) is 27.2. The first-order valence-corrected chi connectivity index (χ1v) is 9.65. The number of carbonyl (C=O) groups excluding carboxylic acids is 2. The number of hydrogen-bond donors (Lipinski definition) is 0. The molecule has 0 aliphatic heterocycles. The molecule has 0 aliphatic carbocycles. The van der Waals surface area contributed by atoms with Crippen molar-refractivity contribution in [1.82, 2.24) is 9.80 Å². The lowest BCUT2D eigenvalue weighted by molar-refractivity contribution is -0.141. The summed E-state index contributed by atoms with van der Waals surface area (Å²) in [6.07, 6.45) is 1.57. The summed E-state index contributed by atoms with van der Waals surface area (Å²) in [6.45, 7) is 4.98. The van der Waals surface area contributed by atoms with Gasteiger partial charge in [-0.3, -0.25) is 9.59 Å². The maximum atomic E-state index is 13.0. The third-order valence-corrected chi connectivity index (χ3v) is 4.28. The Bertz CT molecular complexity index is 718. The van der Waals surface area contributed by atoms with Crippen molar-refractivity contribution in [3.63, 3.8) is 0 Å². The summed E-state index contributed by atoms with van der Waals surface area (Å²) in [5, 5.41) is 0. The molecule has 7 heteroatoms. The van der Waals surface area contributed by atoms with Gasteiger partial charge in [-0.25, -0.2) is 0 Å². The quantitative estimate of drug-likeness (QED) is 0.584. The van der Waals surface area contributed by atoms with E-state index in [1.165, 1.54) is 4.90 Å². The van der Waals surface area contributed by atoms with Crippen LogP contribution in [0, 0.1) is 5.92 Å². The van der Waals surface area contributed by atoms with Gasteiger partial charge in [-0.1, -0.05) is 67.4 Å². The van der Waals surface area contributed by atoms with Crippen molar-refractivity contribution >= 4 is 35.0 Å². The van der Waals surface area contributed by atoms with E-state index < -0.39 is 10.7 Å². The SMILES string of the molecule is CC(C)CN(CC(=O)N(Cc1ccccc1)Cc1ccco1)C(=O)C(Cl)Cl. The summed E-state index contributed by atoms with van der Waals surface area (Å²) in [5.41, 5.74) is 0.992. The molecule has 1 aromatic carbocycles.